The molecule has 4 heteroatoms. The number of nitrogens with zero attached hydrogens (tertiary/aromatic N) is 3. The van der Waals surface area contributed by atoms with Gasteiger partial charge in [-0.15, -0.1) is 0 Å². The molecule has 1 N–H and O–H groups in total. The summed E-state index contributed by atoms with van der Waals surface area (Å²) >= 11 is 0. The van der Waals surface area contributed by atoms with Gasteiger partial charge in [0.1, 0.15) is 5.82 Å². The van der Waals surface area contributed by atoms with Crippen molar-refractivity contribution in [2.24, 2.45) is 0 Å². The van der Waals surface area contributed by atoms with Crippen LogP contribution in [0.3, 0.4) is 0 Å². The number of piperidine rings is 1. The average Bonchev–Trinajstić information content (AvgIpc) is 2.37. The number of rotatable bonds is 4. The molecule has 0 amide bonds. The first-order chi connectivity index (χ1) is 8.29. The first kappa shape index (κ1) is 12.5. The third kappa shape index (κ3) is 3.48. The van der Waals surface area contributed by atoms with Gasteiger partial charge in [0, 0.05) is 25.3 Å². The van der Waals surface area contributed by atoms with Gasteiger partial charge in [-0.2, -0.15) is 0 Å². The van der Waals surface area contributed by atoms with E-state index in [0.29, 0.717) is 6.04 Å². The number of aromatic nitrogens is 2. The summed E-state index contributed by atoms with van der Waals surface area (Å²) in [6, 6.07) is 2.68. The van der Waals surface area contributed by atoms with Crippen LogP contribution in [0.4, 0.5) is 0 Å². The smallest absolute Gasteiger partial charge is 0.125 e. The van der Waals surface area contributed by atoms with E-state index in [9.17, 15) is 0 Å². The van der Waals surface area contributed by atoms with Gasteiger partial charge in [-0.3, -0.25) is 4.90 Å². The molecule has 17 heavy (non-hydrogen) atoms. The Morgan fingerprint density at radius 3 is 3.06 bits per heavy atom. The molecular formula is C13H22N4. The maximum absolute atomic E-state index is 4.48. The first-order valence-corrected chi connectivity index (χ1v) is 6.53. The summed E-state index contributed by atoms with van der Waals surface area (Å²) in [5.41, 5.74) is 1.13. The van der Waals surface area contributed by atoms with Gasteiger partial charge in [-0.05, 0) is 38.9 Å². The topological polar surface area (TPSA) is 41.1 Å². The Hall–Kier alpha value is -1.00. The summed E-state index contributed by atoms with van der Waals surface area (Å²) in [7, 11) is 0. The highest BCUT2D eigenvalue weighted by Crippen LogP contribution is 2.13. The molecule has 4 nitrogen and oxygen atoms in total. The van der Waals surface area contributed by atoms with Crippen LogP contribution in [0.25, 0.3) is 0 Å². The SMILES string of the molecule is CCN(Cc1ccnc(C)n1)C1CCCNC1. The van der Waals surface area contributed by atoms with E-state index in [1.165, 1.54) is 19.4 Å². The minimum absolute atomic E-state index is 0.657. The minimum Gasteiger partial charge on any atom is -0.315 e. The Balaban J connectivity index is 1.98. The summed E-state index contributed by atoms with van der Waals surface area (Å²) in [6.45, 7) is 8.46. The fourth-order valence-electron chi connectivity index (χ4n) is 2.45. The van der Waals surface area contributed by atoms with Crippen molar-refractivity contribution >= 4 is 0 Å². The largest absolute Gasteiger partial charge is 0.315 e. The van der Waals surface area contributed by atoms with E-state index in [2.05, 4.69) is 27.1 Å². The Labute approximate surface area is 103 Å². The third-order valence-corrected chi connectivity index (χ3v) is 3.39. The Bertz CT molecular complexity index is 347. The van der Waals surface area contributed by atoms with Gasteiger partial charge in [-0.1, -0.05) is 6.92 Å². The van der Waals surface area contributed by atoms with E-state index < -0.39 is 0 Å². The van der Waals surface area contributed by atoms with Crippen molar-refractivity contribution in [1.29, 1.82) is 0 Å². The predicted octanol–water partition coefficient (Wildman–Crippen LogP) is 1.36. The minimum atomic E-state index is 0.657. The molecule has 1 fully saturated rings. The molecule has 1 saturated heterocycles. The number of hydrogen-bond acceptors (Lipinski definition) is 4. The molecule has 0 bridgehead atoms. The third-order valence-electron chi connectivity index (χ3n) is 3.39. The maximum Gasteiger partial charge on any atom is 0.125 e. The van der Waals surface area contributed by atoms with Crippen LogP contribution in [0.1, 0.15) is 31.3 Å². The van der Waals surface area contributed by atoms with Crippen LogP contribution in [0, 0.1) is 6.92 Å². The molecule has 0 aliphatic carbocycles. The highest BCUT2D eigenvalue weighted by molar-refractivity contribution is 5.02. The summed E-state index contributed by atoms with van der Waals surface area (Å²) in [6.07, 6.45) is 4.43. The van der Waals surface area contributed by atoms with Gasteiger partial charge in [-0.25, -0.2) is 9.97 Å². The van der Waals surface area contributed by atoms with Crippen molar-refractivity contribution in [3.8, 4) is 0 Å². The van der Waals surface area contributed by atoms with Gasteiger partial charge in [0.2, 0.25) is 0 Å². The molecule has 94 valence electrons. The standard InChI is InChI=1S/C13H22N4/c1-3-17(13-5-4-7-14-9-13)10-12-6-8-15-11(2)16-12/h6,8,13-14H,3-5,7,9-10H2,1-2H3. The normalized spacial score (nSPS) is 20.8. The van der Waals surface area contributed by atoms with Gasteiger partial charge in [0.25, 0.3) is 0 Å². The average molecular weight is 234 g/mol. The number of likely N-dealkylation sites (N-methyl/N-ethyl adjacent to an activating group) is 1. The molecule has 0 saturated carbocycles. The Morgan fingerprint density at radius 1 is 1.53 bits per heavy atom. The second-order valence-electron chi connectivity index (χ2n) is 4.66. The van der Waals surface area contributed by atoms with Crippen molar-refractivity contribution in [3.05, 3.63) is 23.8 Å². The Kier molecular flexibility index (Phi) is 4.45. The molecule has 1 aliphatic rings. The highest BCUT2D eigenvalue weighted by atomic mass is 15.2. The molecule has 1 aromatic heterocycles. The maximum atomic E-state index is 4.48. The first-order valence-electron chi connectivity index (χ1n) is 6.53. The molecular weight excluding hydrogens is 212 g/mol. The lowest BCUT2D eigenvalue weighted by atomic mass is 10.1. The monoisotopic (exact) mass is 234 g/mol. The van der Waals surface area contributed by atoms with Gasteiger partial charge in [0.15, 0.2) is 0 Å². The second-order valence-corrected chi connectivity index (χ2v) is 4.66. The van der Waals surface area contributed by atoms with Crippen molar-refractivity contribution in [2.45, 2.75) is 39.3 Å². The summed E-state index contributed by atoms with van der Waals surface area (Å²) in [5.74, 6) is 0.861. The van der Waals surface area contributed by atoms with E-state index in [-0.39, 0.29) is 0 Å². The van der Waals surface area contributed by atoms with Crippen LogP contribution in [0.5, 0.6) is 0 Å². The molecule has 1 unspecified atom stereocenters. The molecule has 1 atom stereocenters. The molecule has 1 aromatic rings. The van der Waals surface area contributed by atoms with Crippen molar-refractivity contribution < 1.29 is 0 Å². The molecule has 2 rings (SSSR count). The number of nitrogens with one attached hydrogen (secondary N) is 1. The van der Waals surface area contributed by atoms with Gasteiger partial charge < -0.3 is 5.32 Å². The van der Waals surface area contributed by atoms with E-state index in [1.54, 1.807) is 0 Å². The molecule has 0 spiro atoms. The fourth-order valence-corrected chi connectivity index (χ4v) is 2.45. The zero-order valence-electron chi connectivity index (χ0n) is 10.8. The summed E-state index contributed by atoms with van der Waals surface area (Å²) in [4.78, 5) is 11.1. The van der Waals surface area contributed by atoms with E-state index >= 15 is 0 Å². The Morgan fingerprint density at radius 2 is 2.41 bits per heavy atom. The number of aryl methyl sites for hydroxylation is 1. The quantitative estimate of drug-likeness (QED) is 0.854. The lowest BCUT2D eigenvalue weighted by Gasteiger charge is -2.33. The van der Waals surface area contributed by atoms with Crippen LogP contribution in [0.15, 0.2) is 12.3 Å². The highest BCUT2D eigenvalue weighted by Gasteiger charge is 2.19. The zero-order chi connectivity index (χ0) is 12.1. The lowest BCUT2D eigenvalue weighted by molar-refractivity contribution is 0.164. The lowest BCUT2D eigenvalue weighted by Crippen LogP contribution is -2.45. The van der Waals surface area contributed by atoms with Gasteiger partial charge in [0.05, 0.1) is 5.69 Å². The summed E-state index contributed by atoms with van der Waals surface area (Å²) < 4.78 is 0. The van der Waals surface area contributed by atoms with E-state index in [0.717, 1.165) is 31.2 Å². The van der Waals surface area contributed by atoms with Crippen molar-refractivity contribution in [3.63, 3.8) is 0 Å². The van der Waals surface area contributed by atoms with Gasteiger partial charge >= 0.3 is 0 Å². The van der Waals surface area contributed by atoms with E-state index in [1.807, 2.05) is 19.2 Å². The fraction of sp³-hybridized carbons (Fsp3) is 0.692. The van der Waals surface area contributed by atoms with Crippen LogP contribution in [-0.4, -0.2) is 40.5 Å². The summed E-state index contributed by atoms with van der Waals surface area (Å²) in [5, 5.41) is 3.47. The molecule has 0 aromatic carbocycles. The second kappa shape index (κ2) is 6.07. The van der Waals surface area contributed by atoms with Crippen LogP contribution >= 0.6 is 0 Å². The molecule has 2 heterocycles. The zero-order valence-corrected chi connectivity index (χ0v) is 10.8. The van der Waals surface area contributed by atoms with Crippen LogP contribution in [0.2, 0.25) is 0 Å². The van der Waals surface area contributed by atoms with Crippen LogP contribution in [-0.2, 0) is 6.54 Å². The van der Waals surface area contributed by atoms with E-state index in [4.69, 9.17) is 0 Å². The predicted molar refractivity (Wildman–Crippen MR) is 68.7 cm³/mol. The van der Waals surface area contributed by atoms with Crippen molar-refractivity contribution in [1.82, 2.24) is 20.2 Å². The molecule has 1 aliphatic heterocycles. The number of hydrogen-bond donors (Lipinski definition) is 1. The van der Waals surface area contributed by atoms with Crippen LogP contribution < -0.4 is 5.32 Å². The van der Waals surface area contributed by atoms with Crippen molar-refractivity contribution in [2.75, 3.05) is 19.6 Å². The molecule has 0 radical (unpaired) electrons.